The molecule has 3 heterocycles. The lowest BCUT2D eigenvalue weighted by atomic mass is 10.2. The summed E-state index contributed by atoms with van der Waals surface area (Å²) in [4.78, 5) is 7.23. The first kappa shape index (κ1) is 11.5. The maximum absolute atomic E-state index is 4.80. The van der Waals surface area contributed by atoms with Crippen LogP contribution in [0.25, 0.3) is 11.0 Å². The lowest BCUT2D eigenvalue weighted by Crippen LogP contribution is -2.33. The molecule has 5 rings (SSSR count). The van der Waals surface area contributed by atoms with Crippen molar-refractivity contribution >= 4 is 34.2 Å². The van der Waals surface area contributed by atoms with Gasteiger partial charge in [0.15, 0.2) is 10.7 Å². The third kappa shape index (κ3) is 1.61. The van der Waals surface area contributed by atoms with Crippen molar-refractivity contribution in [3.8, 4) is 0 Å². The van der Waals surface area contributed by atoms with Crippen molar-refractivity contribution in [2.45, 2.75) is 17.2 Å². The van der Waals surface area contributed by atoms with E-state index in [-0.39, 0.29) is 5.50 Å². The second-order valence-electron chi connectivity index (χ2n) is 5.36. The highest BCUT2D eigenvalue weighted by Gasteiger charge is 2.33. The third-order valence-electron chi connectivity index (χ3n) is 4.18. The van der Waals surface area contributed by atoms with Crippen LogP contribution in [0.5, 0.6) is 0 Å². The molecule has 0 saturated heterocycles. The van der Waals surface area contributed by atoms with Crippen molar-refractivity contribution in [1.29, 1.82) is 0 Å². The number of aromatic nitrogens is 2. The number of rotatable bonds is 0. The number of hydrogen-bond acceptors (Lipinski definition) is 4. The molecule has 0 radical (unpaired) electrons. The molecule has 1 N–H and O–H groups in total. The quantitative estimate of drug-likeness (QED) is 0.689. The summed E-state index contributed by atoms with van der Waals surface area (Å²) < 4.78 is 2.34. The zero-order chi connectivity index (χ0) is 13.8. The van der Waals surface area contributed by atoms with Gasteiger partial charge in [-0.3, -0.25) is 0 Å². The first-order valence-electron chi connectivity index (χ1n) is 7.14. The average Bonchev–Trinajstić information content (AvgIpc) is 2.98. The van der Waals surface area contributed by atoms with Gasteiger partial charge in [-0.2, -0.15) is 0 Å². The summed E-state index contributed by atoms with van der Waals surface area (Å²) in [5.41, 5.74) is 5.07. The lowest BCUT2D eigenvalue weighted by molar-refractivity contribution is 0.650. The maximum atomic E-state index is 4.80. The normalized spacial score (nSPS) is 19.6. The van der Waals surface area contributed by atoms with Crippen molar-refractivity contribution in [2.24, 2.45) is 0 Å². The Morgan fingerprint density at radius 2 is 1.90 bits per heavy atom. The first-order chi connectivity index (χ1) is 10.4. The van der Waals surface area contributed by atoms with Crippen molar-refractivity contribution in [1.82, 2.24) is 9.55 Å². The second kappa shape index (κ2) is 4.18. The number of hydrogen-bond donors (Lipinski definition) is 1. The van der Waals surface area contributed by atoms with E-state index < -0.39 is 0 Å². The van der Waals surface area contributed by atoms with Gasteiger partial charge in [0.25, 0.3) is 0 Å². The van der Waals surface area contributed by atoms with Gasteiger partial charge < -0.3 is 14.8 Å². The molecule has 0 amide bonds. The average molecular weight is 294 g/mol. The monoisotopic (exact) mass is 294 g/mol. The topological polar surface area (TPSA) is 33.1 Å². The Balaban J connectivity index is 1.60. The van der Waals surface area contributed by atoms with Crippen molar-refractivity contribution < 1.29 is 0 Å². The van der Waals surface area contributed by atoms with Crippen LogP contribution >= 0.6 is 11.8 Å². The van der Waals surface area contributed by atoms with E-state index in [1.807, 2.05) is 0 Å². The lowest BCUT2D eigenvalue weighted by Gasteiger charge is -2.22. The van der Waals surface area contributed by atoms with Gasteiger partial charge in [-0.1, -0.05) is 24.3 Å². The van der Waals surface area contributed by atoms with Gasteiger partial charge in [0.05, 0.1) is 22.4 Å². The van der Waals surface area contributed by atoms with Crippen LogP contribution in [-0.4, -0.2) is 21.6 Å². The van der Waals surface area contributed by atoms with Crippen molar-refractivity contribution in [2.75, 3.05) is 16.8 Å². The van der Waals surface area contributed by atoms with Crippen molar-refractivity contribution in [3.63, 3.8) is 0 Å². The molecule has 1 atom stereocenters. The van der Waals surface area contributed by atoms with Gasteiger partial charge >= 0.3 is 0 Å². The number of para-hydroxylation sites is 4. The molecule has 4 nitrogen and oxygen atoms in total. The van der Waals surface area contributed by atoms with E-state index in [4.69, 9.17) is 4.98 Å². The third-order valence-corrected chi connectivity index (χ3v) is 5.29. The Hall–Kier alpha value is -2.14. The standard InChI is InChI=1S/C16H14N4S/c1-3-7-13-11(5-1)17-15-19(13)9-10-20-14-8-4-2-6-12(14)18-16(20)21-15/h1-8,15,17H,9-10H2. The second-order valence-corrected chi connectivity index (χ2v) is 6.41. The van der Waals surface area contributed by atoms with E-state index >= 15 is 0 Å². The molecule has 21 heavy (non-hydrogen) atoms. The van der Waals surface area contributed by atoms with Crippen LogP contribution in [0.3, 0.4) is 0 Å². The Kier molecular flexibility index (Phi) is 2.29. The molecular weight excluding hydrogens is 280 g/mol. The summed E-state index contributed by atoms with van der Waals surface area (Å²) in [5, 5.41) is 4.70. The number of imidazole rings is 1. The van der Waals surface area contributed by atoms with E-state index in [9.17, 15) is 0 Å². The number of anilines is 2. The van der Waals surface area contributed by atoms with E-state index in [0.717, 1.165) is 23.8 Å². The maximum Gasteiger partial charge on any atom is 0.172 e. The van der Waals surface area contributed by atoms with Gasteiger partial charge in [-0.25, -0.2) is 4.98 Å². The summed E-state index contributed by atoms with van der Waals surface area (Å²) in [6.07, 6.45) is 0. The molecule has 2 aliphatic rings. The fourth-order valence-electron chi connectivity index (χ4n) is 3.18. The minimum atomic E-state index is 0.237. The van der Waals surface area contributed by atoms with Crippen LogP contribution in [0.1, 0.15) is 0 Å². The molecule has 1 aromatic heterocycles. The minimum Gasteiger partial charge on any atom is -0.355 e. The Labute approximate surface area is 126 Å². The zero-order valence-electron chi connectivity index (χ0n) is 11.4. The molecule has 0 spiro atoms. The highest BCUT2D eigenvalue weighted by atomic mass is 32.2. The zero-order valence-corrected chi connectivity index (χ0v) is 12.2. The predicted octanol–water partition coefficient (Wildman–Crippen LogP) is 3.36. The largest absolute Gasteiger partial charge is 0.355 e. The van der Waals surface area contributed by atoms with Crippen LogP contribution < -0.4 is 10.2 Å². The number of nitrogens with one attached hydrogen (secondary N) is 1. The Morgan fingerprint density at radius 3 is 2.90 bits per heavy atom. The fourth-order valence-corrected chi connectivity index (χ4v) is 4.38. The van der Waals surface area contributed by atoms with Crippen LogP contribution in [0.2, 0.25) is 0 Å². The van der Waals surface area contributed by atoms with E-state index in [0.29, 0.717) is 0 Å². The first-order valence-corrected chi connectivity index (χ1v) is 8.02. The number of benzene rings is 2. The van der Waals surface area contributed by atoms with Gasteiger partial charge in [-0.15, -0.1) is 0 Å². The SMILES string of the molecule is c1ccc2c(c1)NC1Sc3nc4ccccc4n3CCN21. The van der Waals surface area contributed by atoms with Gasteiger partial charge in [0, 0.05) is 13.1 Å². The highest BCUT2D eigenvalue weighted by molar-refractivity contribution is 8.00. The summed E-state index contributed by atoms with van der Waals surface area (Å²) in [7, 11) is 0. The summed E-state index contributed by atoms with van der Waals surface area (Å²) in [6, 6.07) is 16.9. The Bertz CT molecular complexity index is 841. The van der Waals surface area contributed by atoms with E-state index in [1.165, 1.54) is 16.9 Å². The predicted molar refractivity (Wildman–Crippen MR) is 86.8 cm³/mol. The summed E-state index contributed by atoms with van der Waals surface area (Å²) in [5.74, 6) is 0. The van der Waals surface area contributed by atoms with Gasteiger partial charge in [-0.05, 0) is 36.0 Å². The minimum absolute atomic E-state index is 0.237. The molecule has 1 unspecified atom stereocenters. The molecule has 5 heteroatoms. The molecule has 2 aromatic carbocycles. The van der Waals surface area contributed by atoms with Crippen LogP contribution in [0.4, 0.5) is 11.4 Å². The smallest absolute Gasteiger partial charge is 0.172 e. The number of thioether (sulfide) groups is 1. The molecule has 0 aliphatic carbocycles. The fraction of sp³-hybridized carbons (Fsp3) is 0.188. The molecular formula is C16H14N4S. The molecule has 0 bridgehead atoms. The molecule has 0 fully saturated rings. The van der Waals surface area contributed by atoms with E-state index in [1.54, 1.807) is 11.8 Å². The Morgan fingerprint density at radius 1 is 1.05 bits per heavy atom. The van der Waals surface area contributed by atoms with Crippen LogP contribution in [0, 0.1) is 0 Å². The van der Waals surface area contributed by atoms with Crippen molar-refractivity contribution in [3.05, 3.63) is 48.5 Å². The number of nitrogens with zero attached hydrogens (tertiary/aromatic N) is 3. The molecule has 104 valence electrons. The number of fused-ring (bicyclic) bond motifs is 6. The molecule has 2 aliphatic heterocycles. The van der Waals surface area contributed by atoms with Gasteiger partial charge in [0.2, 0.25) is 0 Å². The summed E-state index contributed by atoms with van der Waals surface area (Å²) in [6.45, 7) is 1.96. The van der Waals surface area contributed by atoms with Gasteiger partial charge in [0.1, 0.15) is 0 Å². The highest BCUT2D eigenvalue weighted by Crippen LogP contribution is 2.42. The van der Waals surface area contributed by atoms with E-state index in [2.05, 4.69) is 63.3 Å². The summed E-state index contributed by atoms with van der Waals surface area (Å²) >= 11 is 1.80. The molecule has 0 saturated carbocycles. The van der Waals surface area contributed by atoms with Crippen LogP contribution in [0.15, 0.2) is 53.7 Å². The molecule has 3 aromatic rings. The van der Waals surface area contributed by atoms with Crippen LogP contribution in [-0.2, 0) is 6.54 Å².